The van der Waals surface area contributed by atoms with Crippen molar-refractivity contribution in [2.75, 3.05) is 7.05 Å². The third-order valence-electron chi connectivity index (χ3n) is 3.11. The fourth-order valence-electron chi connectivity index (χ4n) is 2.11. The van der Waals surface area contributed by atoms with Crippen molar-refractivity contribution in [3.8, 4) is 0 Å². The number of hydrogen-bond acceptors (Lipinski definition) is 1. The van der Waals surface area contributed by atoms with Crippen molar-refractivity contribution in [3.05, 3.63) is 68.7 Å². The van der Waals surface area contributed by atoms with Crippen LogP contribution >= 0.6 is 27.5 Å². The van der Waals surface area contributed by atoms with Gasteiger partial charge in [-0.05, 0) is 58.4 Å². The molecule has 0 aliphatic heterocycles. The summed E-state index contributed by atoms with van der Waals surface area (Å²) in [5.41, 5.74) is 0.666. The molecule has 1 atom stereocenters. The summed E-state index contributed by atoms with van der Waals surface area (Å²) >= 11 is 9.34. The Morgan fingerprint density at radius 3 is 2.33 bits per heavy atom. The van der Waals surface area contributed by atoms with Gasteiger partial charge in [-0.25, -0.2) is 0 Å². The fraction of sp³-hybridized carbons (Fsp3) is 0.200. The van der Waals surface area contributed by atoms with E-state index in [0.29, 0.717) is 10.6 Å². The molecule has 6 heteroatoms. The maximum atomic E-state index is 12.8. The van der Waals surface area contributed by atoms with Crippen molar-refractivity contribution >= 4 is 27.5 Å². The first-order valence-corrected chi connectivity index (χ1v) is 7.29. The molecule has 0 bridgehead atoms. The lowest BCUT2D eigenvalue weighted by molar-refractivity contribution is -0.137. The topological polar surface area (TPSA) is 12.0 Å². The summed E-state index contributed by atoms with van der Waals surface area (Å²) in [4.78, 5) is 0. The Bertz CT molecular complexity index is 643. The molecular weight excluding hydrogens is 367 g/mol. The average Bonchev–Trinajstić information content (AvgIpc) is 2.43. The van der Waals surface area contributed by atoms with Gasteiger partial charge in [-0.1, -0.05) is 29.8 Å². The molecule has 112 valence electrons. The minimum Gasteiger partial charge on any atom is -0.309 e. The van der Waals surface area contributed by atoms with Gasteiger partial charge < -0.3 is 5.32 Å². The molecule has 0 aliphatic carbocycles. The van der Waals surface area contributed by atoms with Crippen LogP contribution in [0.3, 0.4) is 0 Å². The van der Waals surface area contributed by atoms with Gasteiger partial charge in [0, 0.05) is 4.47 Å². The summed E-state index contributed by atoms with van der Waals surface area (Å²) < 4.78 is 39.2. The smallest absolute Gasteiger partial charge is 0.309 e. The van der Waals surface area contributed by atoms with Crippen molar-refractivity contribution in [1.82, 2.24) is 5.32 Å². The van der Waals surface area contributed by atoms with Crippen LogP contribution in [0.2, 0.25) is 5.02 Å². The molecule has 0 saturated carbocycles. The summed E-state index contributed by atoms with van der Waals surface area (Å²) in [6, 6.07) is 10.2. The molecule has 0 aliphatic rings. The van der Waals surface area contributed by atoms with Gasteiger partial charge in [-0.15, -0.1) is 0 Å². The van der Waals surface area contributed by atoms with E-state index < -0.39 is 11.7 Å². The molecule has 1 nitrogen and oxygen atoms in total. The largest absolute Gasteiger partial charge is 0.416 e. The Morgan fingerprint density at radius 2 is 1.76 bits per heavy atom. The Morgan fingerprint density at radius 1 is 1.10 bits per heavy atom. The zero-order valence-corrected chi connectivity index (χ0v) is 13.4. The van der Waals surface area contributed by atoms with E-state index in [1.165, 1.54) is 6.07 Å². The van der Waals surface area contributed by atoms with Gasteiger partial charge in [0.25, 0.3) is 0 Å². The monoisotopic (exact) mass is 377 g/mol. The summed E-state index contributed by atoms with van der Waals surface area (Å²) in [6.45, 7) is 0. The van der Waals surface area contributed by atoms with Gasteiger partial charge in [0.1, 0.15) is 0 Å². The van der Waals surface area contributed by atoms with Crippen LogP contribution in [0.5, 0.6) is 0 Å². The number of nitrogens with one attached hydrogen (secondary N) is 1. The lowest BCUT2D eigenvalue weighted by Crippen LogP contribution is -2.18. The van der Waals surface area contributed by atoms with Gasteiger partial charge in [0.2, 0.25) is 0 Å². The number of rotatable bonds is 3. The SMILES string of the molecule is CNC(c1cccc(C(F)(F)F)c1)c1ccc(Br)c(Cl)c1. The first-order chi connectivity index (χ1) is 9.82. The molecule has 0 saturated heterocycles. The highest BCUT2D eigenvalue weighted by atomic mass is 79.9. The first-order valence-electron chi connectivity index (χ1n) is 6.12. The van der Waals surface area contributed by atoms with Crippen LogP contribution in [0.15, 0.2) is 46.9 Å². The van der Waals surface area contributed by atoms with Crippen LogP contribution in [0, 0.1) is 0 Å². The molecule has 2 rings (SSSR count). The maximum absolute atomic E-state index is 12.8. The quantitative estimate of drug-likeness (QED) is 0.751. The van der Waals surface area contributed by atoms with Gasteiger partial charge in [-0.3, -0.25) is 0 Å². The molecule has 2 aromatic carbocycles. The van der Waals surface area contributed by atoms with E-state index in [0.717, 1.165) is 22.2 Å². The first kappa shape index (κ1) is 16.3. The number of alkyl halides is 3. The third kappa shape index (κ3) is 3.78. The summed E-state index contributed by atoms with van der Waals surface area (Å²) in [5, 5.41) is 3.53. The zero-order chi connectivity index (χ0) is 15.6. The van der Waals surface area contributed by atoms with Crippen LogP contribution in [0.1, 0.15) is 22.7 Å². The van der Waals surface area contributed by atoms with Gasteiger partial charge in [0.05, 0.1) is 16.6 Å². The highest BCUT2D eigenvalue weighted by Crippen LogP contribution is 2.33. The van der Waals surface area contributed by atoms with Gasteiger partial charge in [0.15, 0.2) is 0 Å². The van der Waals surface area contributed by atoms with Crippen molar-refractivity contribution < 1.29 is 13.2 Å². The standard InChI is InChI=1S/C15H12BrClF3N/c1-21-14(10-5-6-12(16)13(17)8-10)9-3-2-4-11(7-9)15(18,19)20/h2-8,14,21H,1H3. The van der Waals surface area contributed by atoms with E-state index in [4.69, 9.17) is 11.6 Å². The van der Waals surface area contributed by atoms with Crippen molar-refractivity contribution in [2.24, 2.45) is 0 Å². The molecule has 0 spiro atoms. The van der Waals surface area contributed by atoms with Crippen LogP contribution in [-0.2, 0) is 6.18 Å². The van der Waals surface area contributed by atoms with Crippen LogP contribution in [-0.4, -0.2) is 7.05 Å². The molecule has 0 amide bonds. The van der Waals surface area contributed by atoms with Gasteiger partial charge >= 0.3 is 6.18 Å². The summed E-state index contributed by atoms with van der Waals surface area (Å²) in [6.07, 6.45) is -4.36. The average molecular weight is 379 g/mol. The predicted octanol–water partition coefficient (Wildman–Crippen LogP) is 5.43. The van der Waals surface area contributed by atoms with Crippen molar-refractivity contribution in [3.63, 3.8) is 0 Å². The van der Waals surface area contributed by atoms with E-state index in [9.17, 15) is 13.2 Å². The van der Waals surface area contributed by atoms with E-state index in [1.54, 1.807) is 25.2 Å². The highest BCUT2D eigenvalue weighted by molar-refractivity contribution is 9.10. The Balaban J connectivity index is 2.44. The Kier molecular flexibility index (Phi) is 4.96. The minimum atomic E-state index is -4.36. The number of halogens is 5. The van der Waals surface area contributed by atoms with Gasteiger partial charge in [-0.2, -0.15) is 13.2 Å². The second-order valence-electron chi connectivity index (χ2n) is 4.52. The number of benzene rings is 2. The third-order valence-corrected chi connectivity index (χ3v) is 4.35. The van der Waals surface area contributed by atoms with E-state index >= 15 is 0 Å². The van der Waals surface area contributed by atoms with E-state index in [2.05, 4.69) is 21.2 Å². The molecule has 2 aromatic rings. The van der Waals surface area contributed by atoms with E-state index in [1.807, 2.05) is 6.07 Å². The molecule has 21 heavy (non-hydrogen) atoms. The normalized spacial score (nSPS) is 13.2. The molecule has 0 radical (unpaired) electrons. The van der Waals surface area contributed by atoms with Crippen molar-refractivity contribution in [1.29, 1.82) is 0 Å². The predicted molar refractivity (Wildman–Crippen MR) is 81.5 cm³/mol. The minimum absolute atomic E-state index is 0.363. The Hall–Kier alpha value is -1.04. The summed E-state index contributed by atoms with van der Waals surface area (Å²) in [7, 11) is 1.70. The fourth-order valence-corrected chi connectivity index (χ4v) is 2.55. The molecule has 1 N–H and O–H groups in total. The molecule has 0 fully saturated rings. The van der Waals surface area contributed by atoms with Crippen LogP contribution in [0.4, 0.5) is 13.2 Å². The molecule has 1 unspecified atom stereocenters. The second-order valence-corrected chi connectivity index (χ2v) is 5.78. The lowest BCUT2D eigenvalue weighted by Gasteiger charge is -2.19. The molecule has 0 heterocycles. The van der Waals surface area contributed by atoms with Crippen molar-refractivity contribution in [2.45, 2.75) is 12.2 Å². The molecule has 0 aromatic heterocycles. The molecular formula is C15H12BrClF3N. The van der Waals surface area contributed by atoms with Crippen LogP contribution < -0.4 is 5.32 Å². The highest BCUT2D eigenvalue weighted by Gasteiger charge is 2.31. The zero-order valence-electron chi connectivity index (χ0n) is 11.0. The summed E-state index contributed by atoms with van der Waals surface area (Å²) in [5.74, 6) is 0. The Labute approximate surface area is 134 Å². The van der Waals surface area contributed by atoms with Crippen LogP contribution in [0.25, 0.3) is 0 Å². The van der Waals surface area contributed by atoms with E-state index in [-0.39, 0.29) is 6.04 Å². The number of hydrogen-bond donors (Lipinski definition) is 1. The second kappa shape index (κ2) is 6.38. The maximum Gasteiger partial charge on any atom is 0.416 e. The lowest BCUT2D eigenvalue weighted by atomic mass is 9.97.